The lowest BCUT2D eigenvalue weighted by atomic mass is 10.1. The quantitative estimate of drug-likeness (QED) is 0.701. The SMILES string of the molecule is NC/C(=C/F)Cn1ncn(Cc2ccc(-c3ccc4c(c3)OCO4)s2)c1=O. The largest absolute Gasteiger partial charge is 0.454 e. The summed E-state index contributed by atoms with van der Waals surface area (Å²) in [5, 5.41) is 4.03. The molecule has 0 amide bonds. The molecule has 1 aliphatic heterocycles. The third-order valence-corrected chi connectivity index (χ3v) is 5.33. The van der Waals surface area contributed by atoms with Crippen LogP contribution in [0.3, 0.4) is 0 Å². The number of nitrogens with two attached hydrogens (primary N) is 1. The smallest absolute Gasteiger partial charge is 0.346 e. The lowest BCUT2D eigenvalue weighted by Gasteiger charge is -2.01. The average Bonchev–Trinajstić information content (AvgIpc) is 3.41. The first-order valence-electron chi connectivity index (χ1n) is 8.27. The van der Waals surface area contributed by atoms with Crippen LogP contribution in [0.4, 0.5) is 4.39 Å². The number of aromatic nitrogens is 3. The molecule has 2 aromatic heterocycles. The molecule has 9 heteroatoms. The van der Waals surface area contributed by atoms with E-state index in [-0.39, 0.29) is 25.6 Å². The second-order valence-electron chi connectivity index (χ2n) is 6.00. The summed E-state index contributed by atoms with van der Waals surface area (Å²) in [7, 11) is 0. The highest BCUT2D eigenvalue weighted by Crippen LogP contribution is 2.37. The molecule has 0 saturated carbocycles. The van der Waals surface area contributed by atoms with Gasteiger partial charge in [-0.3, -0.25) is 4.57 Å². The fourth-order valence-electron chi connectivity index (χ4n) is 2.76. The minimum atomic E-state index is -0.305. The van der Waals surface area contributed by atoms with E-state index in [1.807, 2.05) is 30.3 Å². The van der Waals surface area contributed by atoms with Gasteiger partial charge in [-0.2, -0.15) is 5.10 Å². The molecule has 2 N–H and O–H groups in total. The summed E-state index contributed by atoms with van der Waals surface area (Å²) in [4.78, 5) is 14.5. The van der Waals surface area contributed by atoms with Gasteiger partial charge >= 0.3 is 5.69 Å². The van der Waals surface area contributed by atoms with Crippen LogP contribution in [-0.2, 0) is 13.1 Å². The third-order valence-electron chi connectivity index (χ3n) is 4.21. The number of hydrogen-bond acceptors (Lipinski definition) is 6. The molecular weight excluding hydrogens is 371 g/mol. The molecule has 7 nitrogen and oxygen atoms in total. The molecule has 3 heterocycles. The molecule has 4 rings (SSSR count). The second kappa shape index (κ2) is 7.37. The number of rotatable bonds is 6. The second-order valence-corrected chi connectivity index (χ2v) is 7.17. The maximum Gasteiger partial charge on any atom is 0.346 e. The topological polar surface area (TPSA) is 84.3 Å². The van der Waals surface area contributed by atoms with Crippen LogP contribution in [0.5, 0.6) is 11.5 Å². The summed E-state index contributed by atoms with van der Waals surface area (Å²) >= 11 is 1.58. The normalized spacial score (nSPS) is 13.3. The van der Waals surface area contributed by atoms with E-state index in [0.29, 0.717) is 18.4 Å². The van der Waals surface area contributed by atoms with Gasteiger partial charge in [0, 0.05) is 16.3 Å². The van der Waals surface area contributed by atoms with Crippen molar-refractivity contribution in [3.05, 3.63) is 63.9 Å². The fraction of sp³-hybridized carbons (Fsp3) is 0.222. The summed E-state index contributed by atoms with van der Waals surface area (Å²) in [5.74, 6) is 1.48. The highest BCUT2D eigenvalue weighted by atomic mass is 32.1. The summed E-state index contributed by atoms with van der Waals surface area (Å²) in [6.45, 7) is 0.724. The minimum Gasteiger partial charge on any atom is -0.454 e. The van der Waals surface area contributed by atoms with Crippen LogP contribution in [0, 0.1) is 0 Å². The molecule has 1 aromatic carbocycles. The molecule has 0 saturated heterocycles. The number of thiophene rings is 1. The van der Waals surface area contributed by atoms with E-state index in [0.717, 1.165) is 26.8 Å². The zero-order valence-corrected chi connectivity index (χ0v) is 15.1. The maximum absolute atomic E-state index is 12.7. The Bertz CT molecular complexity index is 1050. The van der Waals surface area contributed by atoms with Crippen LogP contribution in [0.1, 0.15) is 4.88 Å². The number of benzene rings is 1. The molecule has 0 fully saturated rings. The van der Waals surface area contributed by atoms with Crippen molar-refractivity contribution < 1.29 is 13.9 Å². The van der Waals surface area contributed by atoms with E-state index in [9.17, 15) is 9.18 Å². The Morgan fingerprint density at radius 2 is 2.15 bits per heavy atom. The lowest BCUT2D eigenvalue weighted by molar-refractivity contribution is 0.174. The highest BCUT2D eigenvalue weighted by molar-refractivity contribution is 7.15. The molecule has 3 aromatic rings. The first-order valence-corrected chi connectivity index (χ1v) is 9.09. The number of halogens is 1. The zero-order valence-electron chi connectivity index (χ0n) is 14.3. The van der Waals surface area contributed by atoms with Crippen LogP contribution in [0.15, 0.2) is 53.4 Å². The summed E-state index contributed by atoms with van der Waals surface area (Å²) in [6.07, 6.45) is 1.87. The van der Waals surface area contributed by atoms with Crippen LogP contribution in [0.2, 0.25) is 0 Å². The van der Waals surface area contributed by atoms with Crippen molar-refractivity contribution in [2.45, 2.75) is 13.1 Å². The standard InChI is InChI=1S/C18H17FN4O3S/c19-6-12(7-20)8-23-18(24)22(10-21-23)9-14-2-4-17(27-14)13-1-3-15-16(5-13)26-11-25-15/h1-6,10H,7-9,11,20H2/b12-6-. The van der Waals surface area contributed by atoms with E-state index in [1.54, 1.807) is 11.3 Å². The van der Waals surface area contributed by atoms with Crippen molar-refractivity contribution in [1.29, 1.82) is 0 Å². The zero-order chi connectivity index (χ0) is 18.8. The first kappa shape index (κ1) is 17.5. The van der Waals surface area contributed by atoms with E-state index < -0.39 is 0 Å². The van der Waals surface area contributed by atoms with Gasteiger partial charge < -0.3 is 15.2 Å². The first-order chi connectivity index (χ1) is 13.2. The van der Waals surface area contributed by atoms with Gasteiger partial charge in [-0.15, -0.1) is 11.3 Å². The Morgan fingerprint density at radius 1 is 1.30 bits per heavy atom. The number of fused-ring (bicyclic) bond motifs is 1. The summed E-state index contributed by atoms with van der Waals surface area (Å²) < 4.78 is 26.1. The molecule has 0 spiro atoms. The summed E-state index contributed by atoms with van der Waals surface area (Å²) in [5.41, 5.74) is 6.46. The minimum absolute atomic E-state index is 0.0413. The van der Waals surface area contributed by atoms with Crippen molar-refractivity contribution in [1.82, 2.24) is 14.3 Å². The van der Waals surface area contributed by atoms with Crippen molar-refractivity contribution in [2.75, 3.05) is 13.3 Å². The van der Waals surface area contributed by atoms with Gasteiger partial charge in [0.2, 0.25) is 6.79 Å². The molecule has 0 aliphatic carbocycles. The monoisotopic (exact) mass is 388 g/mol. The predicted molar refractivity (Wildman–Crippen MR) is 99.7 cm³/mol. The molecule has 0 bridgehead atoms. The number of hydrogen-bond donors (Lipinski definition) is 1. The van der Waals surface area contributed by atoms with Crippen LogP contribution < -0.4 is 20.9 Å². The molecule has 1 aliphatic rings. The van der Waals surface area contributed by atoms with Gasteiger partial charge in [-0.05, 0) is 41.5 Å². The third kappa shape index (κ3) is 3.51. The van der Waals surface area contributed by atoms with Crippen LogP contribution in [-0.4, -0.2) is 27.7 Å². The maximum atomic E-state index is 12.7. The van der Waals surface area contributed by atoms with Crippen molar-refractivity contribution in [2.24, 2.45) is 5.73 Å². The van der Waals surface area contributed by atoms with E-state index in [4.69, 9.17) is 15.2 Å². The van der Waals surface area contributed by atoms with Gasteiger partial charge in [-0.25, -0.2) is 13.9 Å². The van der Waals surface area contributed by atoms with E-state index in [2.05, 4.69) is 5.10 Å². The molecule has 27 heavy (non-hydrogen) atoms. The van der Waals surface area contributed by atoms with Crippen LogP contribution in [0.25, 0.3) is 10.4 Å². The Labute approximate surface area is 158 Å². The van der Waals surface area contributed by atoms with E-state index in [1.165, 1.54) is 15.6 Å². The van der Waals surface area contributed by atoms with Gasteiger partial charge in [0.15, 0.2) is 11.5 Å². The fourth-order valence-corrected chi connectivity index (χ4v) is 3.76. The molecular formula is C18H17FN4O3S. The summed E-state index contributed by atoms with van der Waals surface area (Å²) in [6, 6.07) is 9.79. The van der Waals surface area contributed by atoms with Crippen LogP contribution >= 0.6 is 11.3 Å². The molecule has 0 radical (unpaired) electrons. The van der Waals surface area contributed by atoms with Crippen molar-refractivity contribution >= 4 is 11.3 Å². The van der Waals surface area contributed by atoms with E-state index >= 15 is 0 Å². The Hall–Kier alpha value is -2.91. The van der Waals surface area contributed by atoms with Gasteiger partial charge in [-0.1, -0.05) is 0 Å². The van der Waals surface area contributed by atoms with Crippen molar-refractivity contribution in [3.63, 3.8) is 0 Å². The number of ether oxygens (including phenoxy) is 2. The number of nitrogens with zero attached hydrogens (tertiary/aromatic N) is 3. The van der Waals surface area contributed by atoms with Crippen molar-refractivity contribution in [3.8, 4) is 21.9 Å². The molecule has 0 atom stereocenters. The van der Waals surface area contributed by atoms with Gasteiger partial charge in [0.1, 0.15) is 6.33 Å². The molecule has 0 unspecified atom stereocenters. The Balaban J connectivity index is 1.52. The lowest BCUT2D eigenvalue weighted by Crippen LogP contribution is -2.26. The Morgan fingerprint density at radius 3 is 2.96 bits per heavy atom. The predicted octanol–water partition coefficient (Wildman–Crippen LogP) is 2.36. The van der Waals surface area contributed by atoms with Gasteiger partial charge in [0.25, 0.3) is 0 Å². The Kier molecular flexibility index (Phi) is 4.78. The molecule has 140 valence electrons. The average molecular weight is 388 g/mol. The highest BCUT2D eigenvalue weighted by Gasteiger charge is 2.15. The van der Waals surface area contributed by atoms with Gasteiger partial charge in [0.05, 0.1) is 19.4 Å².